The van der Waals surface area contributed by atoms with Crippen LogP contribution in [0.1, 0.15) is 0 Å². The lowest BCUT2D eigenvalue weighted by molar-refractivity contribution is 0.570. The molecular weight excluding hydrogens is 190 g/mol. The van der Waals surface area contributed by atoms with Crippen molar-refractivity contribution in [2.45, 2.75) is 0 Å². The van der Waals surface area contributed by atoms with Crippen molar-refractivity contribution in [1.82, 2.24) is 0 Å². The predicted molar refractivity (Wildman–Crippen MR) is 41.2 cm³/mol. The molecule has 1 atom stereocenters. The molecule has 0 aromatic heterocycles. The molecule has 0 bridgehead atoms. The third kappa shape index (κ3) is 1.00. The Kier molecular flexibility index (Phi) is 1.85. The van der Waals surface area contributed by atoms with Gasteiger partial charge in [-0.1, -0.05) is 0 Å². The molecule has 0 N–H and O–H groups in total. The summed E-state index contributed by atoms with van der Waals surface area (Å²) in [5.41, 5.74) is 0.909. The van der Waals surface area contributed by atoms with E-state index < -0.39 is 10.9 Å². The second-order valence-electron chi connectivity index (χ2n) is 1.21. The van der Waals surface area contributed by atoms with E-state index in [4.69, 9.17) is 0 Å². The Labute approximate surface area is 58.2 Å². The molecule has 2 nitrogen and oxygen atoms in total. The third-order valence-electron chi connectivity index (χ3n) is 0.735. The van der Waals surface area contributed by atoms with Crippen LogP contribution in [0.3, 0.4) is 0 Å². The highest BCUT2D eigenvalue weighted by molar-refractivity contribution is 9.23. The second kappa shape index (κ2) is 2.46. The summed E-state index contributed by atoms with van der Waals surface area (Å²) in [5.74, 6) is 0. The molecular formula is C4H4BrNOS. The van der Waals surface area contributed by atoms with Crippen molar-refractivity contribution in [2.75, 3.05) is 0 Å². The smallest absolute Gasteiger partial charge is 0.165 e. The first-order valence-electron chi connectivity index (χ1n) is 1.98. The van der Waals surface area contributed by atoms with Gasteiger partial charge in [-0.05, 0) is 21.3 Å². The minimum atomic E-state index is -0.699. The van der Waals surface area contributed by atoms with Gasteiger partial charge in [0.2, 0.25) is 0 Å². The molecule has 0 radical (unpaired) electrons. The number of carbonyl (C=O) groups is 1. The molecule has 0 aromatic rings. The van der Waals surface area contributed by atoms with Gasteiger partial charge in [0.1, 0.15) is 3.95 Å². The summed E-state index contributed by atoms with van der Waals surface area (Å²) < 4.78 is 0.766. The van der Waals surface area contributed by atoms with E-state index in [1.165, 1.54) is 0 Å². The van der Waals surface area contributed by atoms with Gasteiger partial charge in [0.05, 0.1) is 0 Å². The summed E-state index contributed by atoms with van der Waals surface area (Å²) in [7, 11) is -0.699. The lowest BCUT2D eigenvalue weighted by atomic mass is 11.1. The molecule has 0 saturated carbocycles. The number of rotatable bonds is 1. The van der Waals surface area contributed by atoms with Crippen LogP contribution in [0, 0.1) is 0 Å². The van der Waals surface area contributed by atoms with E-state index in [2.05, 4.69) is 20.9 Å². The standard InChI is InChI=1S/C4H4BrNOS/c5-4-6-1-2-8(4)3-7/h1-3,8H. The van der Waals surface area contributed by atoms with Crippen molar-refractivity contribution in [2.24, 2.45) is 4.99 Å². The predicted octanol–water partition coefficient (Wildman–Crippen LogP) is 1.41. The molecule has 1 unspecified atom stereocenters. The molecule has 0 aromatic carbocycles. The fraction of sp³-hybridized carbons (Fsp3) is 0. The first kappa shape index (κ1) is 6.04. The molecule has 0 amide bonds. The summed E-state index contributed by atoms with van der Waals surface area (Å²) in [6, 6.07) is 0. The van der Waals surface area contributed by atoms with Gasteiger partial charge >= 0.3 is 0 Å². The topological polar surface area (TPSA) is 29.4 Å². The van der Waals surface area contributed by atoms with E-state index in [-0.39, 0.29) is 0 Å². The molecule has 0 fully saturated rings. The van der Waals surface area contributed by atoms with Gasteiger partial charge in [0, 0.05) is 6.20 Å². The van der Waals surface area contributed by atoms with Crippen LogP contribution >= 0.6 is 26.8 Å². The van der Waals surface area contributed by atoms with Gasteiger partial charge in [-0.2, -0.15) is 0 Å². The zero-order valence-corrected chi connectivity index (χ0v) is 6.39. The Bertz CT molecular complexity index is 165. The molecule has 1 rings (SSSR count). The molecule has 0 spiro atoms. The SMILES string of the molecule is O=C[SH]1C=CN=C1Br. The first-order chi connectivity index (χ1) is 3.84. The maximum Gasteiger partial charge on any atom is 0.165 e. The van der Waals surface area contributed by atoms with E-state index in [9.17, 15) is 4.79 Å². The monoisotopic (exact) mass is 193 g/mol. The molecule has 4 heteroatoms. The molecule has 0 saturated heterocycles. The van der Waals surface area contributed by atoms with Crippen LogP contribution in [0.15, 0.2) is 16.6 Å². The number of halogens is 1. The number of thiol groups is 1. The highest BCUT2D eigenvalue weighted by atomic mass is 79.9. The van der Waals surface area contributed by atoms with Crippen LogP contribution in [0.25, 0.3) is 0 Å². The van der Waals surface area contributed by atoms with Crippen molar-refractivity contribution in [3.63, 3.8) is 0 Å². The summed E-state index contributed by atoms with van der Waals surface area (Å²) in [5, 5.41) is 1.80. The maximum absolute atomic E-state index is 10.1. The Morgan fingerprint density at radius 2 is 2.62 bits per heavy atom. The van der Waals surface area contributed by atoms with Crippen molar-refractivity contribution in [1.29, 1.82) is 0 Å². The zero-order chi connectivity index (χ0) is 5.98. The molecule has 1 heterocycles. The third-order valence-corrected chi connectivity index (χ3v) is 3.39. The van der Waals surface area contributed by atoms with Crippen LogP contribution in [0.5, 0.6) is 0 Å². The number of aliphatic imine (C=N–C) groups is 1. The van der Waals surface area contributed by atoms with E-state index in [1.54, 1.807) is 11.6 Å². The lowest BCUT2D eigenvalue weighted by Crippen LogP contribution is -1.80. The van der Waals surface area contributed by atoms with Gasteiger partial charge in [-0.3, -0.25) is 4.79 Å². The fourth-order valence-corrected chi connectivity index (χ4v) is 1.79. The second-order valence-corrected chi connectivity index (χ2v) is 4.32. The van der Waals surface area contributed by atoms with Crippen LogP contribution in [-0.4, -0.2) is 9.57 Å². The van der Waals surface area contributed by atoms with Crippen LogP contribution in [0.4, 0.5) is 0 Å². The molecule has 8 heavy (non-hydrogen) atoms. The van der Waals surface area contributed by atoms with Gasteiger partial charge < -0.3 is 0 Å². The quantitative estimate of drug-likeness (QED) is 0.496. The Hall–Kier alpha value is -0.0900. The molecule has 44 valence electrons. The number of hydrogen-bond donors (Lipinski definition) is 1. The van der Waals surface area contributed by atoms with Crippen LogP contribution < -0.4 is 0 Å². The Morgan fingerprint density at radius 3 is 2.88 bits per heavy atom. The molecule has 1 aliphatic rings. The van der Waals surface area contributed by atoms with Crippen LogP contribution in [0.2, 0.25) is 0 Å². The number of hydrogen-bond acceptors (Lipinski definition) is 2. The highest BCUT2D eigenvalue weighted by Gasteiger charge is 2.06. The molecule has 0 aliphatic carbocycles. The van der Waals surface area contributed by atoms with E-state index in [0.29, 0.717) is 0 Å². The van der Waals surface area contributed by atoms with Crippen LogP contribution in [-0.2, 0) is 4.79 Å². The summed E-state index contributed by atoms with van der Waals surface area (Å²) in [6.45, 7) is 0. The Morgan fingerprint density at radius 1 is 1.88 bits per heavy atom. The van der Waals surface area contributed by atoms with Crippen molar-refractivity contribution < 1.29 is 4.79 Å². The van der Waals surface area contributed by atoms with Gasteiger partial charge in [0.15, 0.2) is 5.62 Å². The summed E-state index contributed by atoms with van der Waals surface area (Å²) in [4.78, 5) is 13.9. The van der Waals surface area contributed by atoms with E-state index in [0.717, 1.165) is 9.57 Å². The van der Waals surface area contributed by atoms with E-state index in [1.807, 2.05) is 0 Å². The van der Waals surface area contributed by atoms with Gasteiger partial charge in [-0.25, -0.2) is 4.99 Å². The van der Waals surface area contributed by atoms with Crippen molar-refractivity contribution in [3.05, 3.63) is 11.6 Å². The highest BCUT2D eigenvalue weighted by Crippen LogP contribution is 2.32. The van der Waals surface area contributed by atoms with Crippen molar-refractivity contribution in [3.8, 4) is 0 Å². The number of nitrogens with zero attached hydrogens (tertiary/aromatic N) is 1. The number of carbonyl (C=O) groups excluding carboxylic acids is 1. The lowest BCUT2D eigenvalue weighted by Gasteiger charge is -1.96. The average molecular weight is 194 g/mol. The molecule has 1 aliphatic heterocycles. The summed E-state index contributed by atoms with van der Waals surface area (Å²) >= 11 is 3.15. The average Bonchev–Trinajstić information content (AvgIpc) is 2.14. The first-order valence-corrected chi connectivity index (χ1v) is 4.25. The zero-order valence-electron chi connectivity index (χ0n) is 3.91. The largest absolute Gasteiger partial charge is 0.292 e. The minimum absolute atomic E-state index is 0.699. The van der Waals surface area contributed by atoms with Gasteiger partial charge in [0.25, 0.3) is 0 Å². The summed E-state index contributed by atoms with van der Waals surface area (Å²) in [6.07, 6.45) is 1.64. The van der Waals surface area contributed by atoms with E-state index >= 15 is 0 Å². The van der Waals surface area contributed by atoms with Crippen molar-refractivity contribution >= 4 is 36.4 Å². The minimum Gasteiger partial charge on any atom is -0.292 e. The normalized spacial score (nSPS) is 30.1. The fourth-order valence-electron chi connectivity index (χ4n) is 0.373. The maximum atomic E-state index is 10.1. The van der Waals surface area contributed by atoms with Gasteiger partial charge in [-0.15, -0.1) is 10.9 Å². The Balaban J connectivity index is 2.71.